The van der Waals surface area contributed by atoms with Crippen LogP contribution >= 0.6 is 30.0 Å². The highest BCUT2D eigenvalue weighted by atomic mass is 31.2. The molecule has 37 heteroatoms. The first-order valence-electron chi connectivity index (χ1n) is 30.2. The molecule has 6 heterocycles. The molecule has 4 aromatic rings. The van der Waals surface area contributed by atoms with Crippen molar-refractivity contribution in [3.8, 4) is 0 Å². The average molecular weight is 1500 g/mol. The van der Waals surface area contributed by atoms with Gasteiger partial charge in [-0.05, 0) is 94.0 Å². The van der Waals surface area contributed by atoms with Gasteiger partial charge in [0.15, 0.2) is 18.7 Å². The van der Waals surface area contributed by atoms with Gasteiger partial charge in [-0.3, -0.25) is 38.1 Å². The zero-order valence-electron chi connectivity index (χ0n) is 56.2. The third kappa shape index (κ3) is 21.8. The largest absolute Gasteiger partial charge is 0.388 e. The standard InChI is InChI=1S/C23H38F2N4O7P2.C22H29F2N2O6P.C14H21F2N2O6P.3CH4/c1-14(2)29(15(3)4)37(34-11-10-26-6)36-18-17(12-23(24,25)38(8,9)32)35-21(19(18)33-7)28-13-16(5)20(30)27-22(28)31;1-14-11-25(20-18(27)15(2)17(32-20)10-22(23,24)33(3,4)30)21(29)26(19(14)28)13-31-12-16-8-6-5-7-9-16;1-7-6-18(13(21)17-11(7)20)12-10(23-2)9(19)8(24-12)5-14(15,16)25(3,4)22;;;/h13-15,17-19,21H,10-12H2,1-5,7-9H3,(H,27,30,31);5-9,11,15,17-18,20,27H,10,12-13H2,1-4H3;6,8-10,12,19H,5H2,1-4H3,(H,17,20,21);3*1H4/t17-,18-,19-,21-,37?;15-,17-,18-,20-;8-,9-,10-,12-;;;/m111.../s1. The highest BCUT2D eigenvalue weighted by Gasteiger charge is 2.57. The average Bonchev–Trinajstić information content (AvgIpc) is 1.65. The first-order chi connectivity index (χ1) is 44.3. The fourth-order valence-corrected chi connectivity index (χ4v) is 14.0. The molecule has 3 aliphatic heterocycles. The van der Waals surface area contributed by atoms with E-state index in [0.29, 0.717) is 0 Å². The van der Waals surface area contributed by atoms with Crippen molar-refractivity contribution in [1.82, 2.24) is 32.9 Å². The Morgan fingerprint density at radius 3 is 1.51 bits per heavy atom. The third-order valence-corrected chi connectivity index (χ3v) is 23.7. The SMILES string of the molecule is C.C.C.CO[C@@H]1[C@H](O)[C@@H](CC(F)(F)P(C)(C)=O)O[C@H]1n1cc(C)c(=O)[nH]c1=O.Cc1cn([C@@H]2O[C@H](CC(F)(F)P(C)(C)=O)[C@@H](C)[C@H]2O)c(=O)n(COCc2ccccc2)c1=O.[C-]#[N+]CCOP(O[C@H]1[C@@H](OC)[C@H](n2cc(C)c(=O)[nH]c2=O)O[C@@H]1CC(F)(F)P(C)(C)=O)N(C(C)C)C(C)C. The molecule has 3 aliphatic rings. The van der Waals surface area contributed by atoms with Gasteiger partial charge in [-0.2, -0.15) is 26.3 Å². The van der Waals surface area contributed by atoms with Crippen molar-refractivity contribution in [3.05, 3.63) is 145 Å². The molecule has 27 nitrogen and oxygen atoms in total. The van der Waals surface area contributed by atoms with Crippen molar-refractivity contribution >= 4 is 30.0 Å². The highest BCUT2D eigenvalue weighted by molar-refractivity contribution is 7.64. The number of aliphatic hydroxyl groups excluding tert-OH is 2. The molecule has 1 aromatic carbocycles. The van der Waals surface area contributed by atoms with Gasteiger partial charge in [0.1, 0.15) is 65.3 Å². The molecule has 0 saturated carbocycles. The van der Waals surface area contributed by atoms with Gasteiger partial charge < -0.3 is 66.2 Å². The number of benzene rings is 1. The number of H-pyrrole nitrogens is 2. The molecule has 4 N–H and O–H groups in total. The van der Waals surface area contributed by atoms with E-state index >= 15 is 8.78 Å². The molecule has 0 spiro atoms. The van der Waals surface area contributed by atoms with Gasteiger partial charge in [0, 0.05) is 86.8 Å². The zero-order valence-corrected chi connectivity index (χ0v) is 59.8. The quantitative estimate of drug-likeness (QED) is 0.0197. The summed E-state index contributed by atoms with van der Waals surface area (Å²) in [6.07, 6.45) is -12.8. The maximum atomic E-state index is 15.1. The van der Waals surface area contributed by atoms with Crippen LogP contribution in [0, 0.1) is 33.3 Å². The lowest BCUT2D eigenvalue weighted by Gasteiger charge is -2.38. The molecule has 0 radical (unpaired) electrons. The van der Waals surface area contributed by atoms with Crippen LogP contribution in [0.1, 0.15) is 117 Å². The Morgan fingerprint density at radius 1 is 0.636 bits per heavy atom. The molecule has 3 aromatic heterocycles. The van der Waals surface area contributed by atoms with Crippen molar-refractivity contribution in [2.45, 2.75) is 207 Å². The predicted molar refractivity (Wildman–Crippen MR) is 366 cm³/mol. The maximum absolute atomic E-state index is 15.1. The normalized spacial score (nSPS) is 23.9. The van der Waals surface area contributed by atoms with Crippen LogP contribution in [-0.4, -0.2) is 188 Å². The zero-order chi connectivity index (χ0) is 72.7. The van der Waals surface area contributed by atoms with Crippen molar-refractivity contribution in [3.63, 3.8) is 0 Å². The van der Waals surface area contributed by atoms with Crippen molar-refractivity contribution < 1.29 is 87.7 Å². The van der Waals surface area contributed by atoms with Gasteiger partial charge in [-0.25, -0.2) is 30.2 Å². The fourth-order valence-electron chi connectivity index (χ4n) is 10.4. The molecule has 13 atom stereocenters. The summed E-state index contributed by atoms with van der Waals surface area (Å²) in [7, 11) is -10.7. The van der Waals surface area contributed by atoms with E-state index in [-0.39, 0.29) is 77.5 Å². The van der Waals surface area contributed by atoms with Crippen molar-refractivity contribution in [2.75, 3.05) is 67.4 Å². The summed E-state index contributed by atoms with van der Waals surface area (Å²) < 4.78 is 175. The lowest BCUT2D eigenvalue weighted by molar-refractivity contribution is -0.0703. The van der Waals surface area contributed by atoms with E-state index < -0.39 is 173 Å². The number of methoxy groups -OCH3 is 2. The monoisotopic (exact) mass is 1500 g/mol. The van der Waals surface area contributed by atoms with E-state index in [4.69, 9.17) is 44.0 Å². The minimum Gasteiger partial charge on any atom is -0.388 e. The van der Waals surface area contributed by atoms with Gasteiger partial charge in [-0.1, -0.05) is 59.5 Å². The van der Waals surface area contributed by atoms with Crippen LogP contribution in [0.3, 0.4) is 0 Å². The van der Waals surface area contributed by atoms with Gasteiger partial charge in [0.25, 0.3) is 42.2 Å². The Kier molecular flexibility index (Phi) is 33.2. The van der Waals surface area contributed by atoms with Crippen LogP contribution in [0.15, 0.2) is 77.7 Å². The van der Waals surface area contributed by atoms with E-state index in [1.54, 1.807) is 0 Å². The van der Waals surface area contributed by atoms with Crippen LogP contribution < -0.4 is 33.7 Å². The number of aromatic nitrogens is 6. The van der Waals surface area contributed by atoms with Crippen molar-refractivity contribution in [2.24, 2.45) is 5.92 Å². The Balaban J connectivity index is 0.000000507. The van der Waals surface area contributed by atoms with Crippen molar-refractivity contribution in [1.29, 1.82) is 0 Å². The summed E-state index contributed by atoms with van der Waals surface area (Å²) in [5, 5.41) is 20.9. The number of nitrogens with one attached hydrogen (secondary N) is 2. The number of aliphatic hydroxyl groups is 2. The minimum atomic E-state index is -3.89. The van der Waals surface area contributed by atoms with Crippen LogP contribution in [0.2, 0.25) is 0 Å². The fraction of sp³-hybridized carbons (Fsp3) is 0.694. The Hall–Kier alpha value is -4.99. The van der Waals surface area contributed by atoms with Gasteiger partial charge in [-0.15, -0.1) is 0 Å². The Bertz CT molecular complexity index is 3860. The summed E-state index contributed by atoms with van der Waals surface area (Å²) in [5.74, 6) is -0.755. The van der Waals surface area contributed by atoms with E-state index in [2.05, 4.69) is 14.8 Å². The molecular formula is C62H100F6N8O19P4. The van der Waals surface area contributed by atoms with Gasteiger partial charge in [0.2, 0.25) is 6.54 Å². The molecule has 99 heavy (non-hydrogen) atoms. The van der Waals surface area contributed by atoms with E-state index in [0.717, 1.165) is 63.8 Å². The van der Waals surface area contributed by atoms with Crippen LogP contribution in [-0.2, 0) is 64.5 Å². The van der Waals surface area contributed by atoms with E-state index in [9.17, 15) is 70.2 Å². The molecule has 1 unspecified atom stereocenters. The second kappa shape index (κ2) is 36.4. The second-order valence-corrected chi connectivity index (χ2v) is 36.8. The number of hydrogen-bond donors (Lipinski definition) is 4. The summed E-state index contributed by atoms with van der Waals surface area (Å²) in [4.78, 5) is 81.2. The number of aromatic amines is 2. The topological polar surface area (TPSA) is 327 Å². The second-order valence-electron chi connectivity index (χ2n) is 25.3. The number of alkyl halides is 6. The molecule has 3 fully saturated rings. The molecule has 0 amide bonds. The van der Waals surface area contributed by atoms with Crippen LogP contribution in [0.5, 0.6) is 0 Å². The first kappa shape index (κ1) is 90.1. The van der Waals surface area contributed by atoms with Gasteiger partial charge in [0.05, 0.1) is 24.9 Å². The molecule has 0 bridgehead atoms. The summed E-state index contributed by atoms with van der Waals surface area (Å²) in [5.41, 5.74) is -13.3. The van der Waals surface area contributed by atoms with E-state index in [1.165, 1.54) is 60.5 Å². The number of aryl methyl sites for hydroxylation is 3. The summed E-state index contributed by atoms with van der Waals surface area (Å²) >= 11 is 0. The van der Waals surface area contributed by atoms with Crippen LogP contribution in [0.25, 0.3) is 4.85 Å². The molecule has 3 saturated heterocycles. The Morgan fingerprint density at radius 2 is 1.06 bits per heavy atom. The smallest absolute Gasteiger partial charge is 0.335 e. The van der Waals surface area contributed by atoms with Gasteiger partial charge >= 0.3 is 17.1 Å². The third-order valence-electron chi connectivity index (χ3n) is 16.3. The minimum absolute atomic E-state index is 0. The first-order valence-corrected chi connectivity index (χ1v) is 39.2. The number of ether oxygens (including phenoxy) is 6. The molecule has 0 aliphatic carbocycles. The number of rotatable bonds is 26. The predicted octanol–water partition coefficient (Wildman–Crippen LogP) is 9.65. The molecular weight excluding hydrogens is 1400 g/mol. The number of nitrogens with zero attached hydrogens (tertiary/aromatic N) is 6. The van der Waals surface area contributed by atoms with Crippen LogP contribution in [0.4, 0.5) is 26.3 Å². The van der Waals surface area contributed by atoms with E-state index in [1.807, 2.05) is 62.7 Å². The molecule has 7 rings (SSSR count). The maximum Gasteiger partial charge on any atom is 0.335 e. The highest BCUT2D eigenvalue weighted by Crippen LogP contribution is 2.60. The molecule has 564 valence electrons. The number of hydrogen-bond acceptors (Lipinski definition) is 20. The summed E-state index contributed by atoms with van der Waals surface area (Å²) in [6.45, 7) is 26.6. The lowest BCUT2D eigenvalue weighted by atomic mass is 9.98. The summed E-state index contributed by atoms with van der Waals surface area (Å²) in [6, 6.07) is 9.06. The lowest BCUT2D eigenvalue weighted by Crippen LogP contribution is -2.44. The number of halogens is 6. The Labute approximate surface area is 573 Å².